The quantitative estimate of drug-likeness (QED) is 0.585. The molecular formula is C19H16FNO3S. The number of hydrogen-bond acceptors (Lipinski definition) is 5. The fourth-order valence-corrected chi connectivity index (χ4v) is 2.93. The van der Waals surface area contributed by atoms with Gasteiger partial charge in [-0.05, 0) is 29.8 Å². The molecule has 0 saturated heterocycles. The number of carbonyl (C=O) groups is 1. The average molecular weight is 357 g/mol. The summed E-state index contributed by atoms with van der Waals surface area (Å²) in [5.41, 5.74) is 2.39. The molecule has 3 rings (SSSR count). The molecule has 0 amide bonds. The van der Waals surface area contributed by atoms with E-state index in [2.05, 4.69) is 5.16 Å². The van der Waals surface area contributed by atoms with Crippen molar-refractivity contribution in [2.75, 3.05) is 5.75 Å². The zero-order valence-electron chi connectivity index (χ0n) is 13.4. The van der Waals surface area contributed by atoms with Gasteiger partial charge >= 0.3 is 5.97 Å². The van der Waals surface area contributed by atoms with E-state index in [0.29, 0.717) is 17.0 Å². The molecule has 0 aliphatic carbocycles. The summed E-state index contributed by atoms with van der Waals surface area (Å²) in [6, 6.07) is 17.5. The highest BCUT2D eigenvalue weighted by molar-refractivity contribution is 7.99. The van der Waals surface area contributed by atoms with Crippen molar-refractivity contribution in [1.82, 2.24) is 5.16 Å². The van der Waals surface area contributed by atoms with E-state index in [9.17, 15) is 9.18 Å². The number of ether oxygens (including phenoxy) is 1. The van der Waals surface area contributed by atoms with Crippen molar-refractivity contribution in [2.24, 2.45) is 0 Å². The molecule has 1 aromatic heterocycles. The highest BCUT2D eigenvalue weighted by Gasteiger charge is 2.10. The molecule has 0 N–H and O–H groups in total. The van der Waals surface area contributed by atoms with Crippen LogP contribution in [0.15, 0.2) is 65.2 Å². The number of esters is 1. The number of hydrogen-bond donors (Lipinski definition) is 0. The molecule has 0 bridgehead atoms. The molecule has 0 unspecified atom stereocenters. The van der Waals surface area contributed by atoms with E-state index in [4.69, 9.17) is 9.26 Å². The van der Waals surface area contributed by atoms with Crippen molar-refractivity contribution in [2.45, 2.75) is 12.4 Å². The van der Waals surface area contributed by atoms with Crippen molar-refractivity contribution >= 4 is 17.7 Å². The number of nitrogens with zero attached hydrogens (tertiary/aromatic N) is 1. The molecule has 2 aromatic carbocycles. The maximum absolute atomic E-state index is 12.9. The number of rotatable bonds is 7. The number of halogens is 1. The van der Waals surface area contributed by atoms with Crippen LogP contribution in [-0.2, 0) is 21.9 Å². The van der Waals surface area contributed by atoms with Crippen LogP contribution in [0.3, 0.4) is 0 Å². The zero-order chi connectivity index (χ0) is 17.5. The van der Waals surface area contributed by atoms with Crippen LogP contribution < -0.4 is 0 Å². The lowest BCUT2D eigenvalue weighted by molar-refractivity contribution is -0.141. The Labute approximate surface area is 149 Å². The van der Waals surface area contributed by atoms with Gasteiger partial charge in [0.25, 0.3) is 0 Å². The van der Waals surface area contributed by atoms with Gasteiger partial charge in [0.05, 0.1) is 5.75 Å². The summed E-state index contributed by atoms with van der Waals surface area (Å²) in [6.45, 7) is 0.0510. The molecule has 0 saturated carbocycles. The predicted molar refractivity (Wildman–Crippen MR) is 94.3 cm³/mol. The van der Waals surface area contributed by atoms with Crippen LogP contribution in [0.1, 0.15) is 11.3 Å². The Balaban J connectivity index is 1.44. The number of thioether (sulfide) groups is 1. The molecule has 0 radical (unpaired) electrons. The third kappa shape index (κ3) is 5.19. The smallest absolute Gasteiger partial charge is 0.316 e. The van der Waals surface area contributed by atoms with Crippen LogP contribution in [0.25, 0.3) is 11.3 Å². The first-order chi connectivity index (χ1) is 12.2. The van der Waals surface area contributed by atoms with Crippen LogP contribution >= 0.6 is 11.8 Å². The Morgan fingerprint density at radius 1 is 1.12 bits per heavy atom. The lowest BCUT2D eigenvalue weighted by Crippen LogP contribution is -2.07. The minimum absolute atomic E-state index is 0.0510. The lowest BCUT2D eigenvalue weighted by Gasteiger charge is -2.03. The van der Waals surface area contributed by atoms with Crippen LogP contribution in [0.5, 0.6) is 0 Å². The van der Waals surface area contributed by atoms with Crippen LogP contribution in [-0.4, -0.2) is 16.9 Å². The molecule has 3 aromatic rings. The van der Waals surface area contributed by atoms with Crippen molar-refractivity contribution < 1.29 is 18.4 Å². The fourth-order valence-electron chi connectivity index (χ4n) is 2.15. The van der Waals surface area contributed by atoms with Gasteiger partial charge in [0.2, 0.25) is 0 Å². The van der Waals surface area contributed by atoms with Crippen LogP contribution in [0.2, 0.25) is 0 Å². The summed E-state index contributed by atoms with van der Waals surface area (Å²) in [6.07, 6.45) is 0. The molecule has 4 nitrogen and oxygen atoms in total. The minimum atomic E-state index is -0.314. The maximum Gasteiger partial charge on any atom is 0.316 e. The van der Waals surface area contributed by atoms with E-state index in [1.807, 2.05) is 30.3 Å². The predicted octanol–water partition coefficient (Wildman–Crippen LogP) is 4.46. The SMILES string of the molecule is O=C(CSCc1ccccc1)OCc1cc(-c2ccc(F)cc2)on1. The van der Waals surface area contributed by atoms with E-state index in [0.717, 1.165) is 5.75 Å². The topological polar surface area (TPSA) is 52.3 Å². The first-order valence-corrected chi connectivity index (χ1v) is 8.85. The Hall–Kier alpha value is -2.60. The van der Waals surface area contributed by atoms with Gasteiger partial charge in [0, 0.05) is 17.4 Å². The van der Waals surface area contributed by atoms with Gasteiger partial charge in [-0.2, -0.15) is 0 Å². The highest BCUT2D eigenvalue weighted by atomic mass is 32.2. The molecule has 0 aliphatic heterocycles. The normalized spacial score (nSPS) is 10.6. The van der Waals surface area contributed by atoms with Crippen molar-refractivity contribution in [1.29, 1.82) is 0 Å². The van der Waals surface area contributed by atoms with Gasteiger partial charge < -0.3 is 9.26 Å². The first-order valence-electron chi connectivity index (χ1n) is 7.69. The van der Waals surface area contributed by atoms with Crippen LogP contribution in [0.4, 0.5) is 4.39 Å². The summed E-state index contributed by atoms with van der Waals surface area (Å²) >= 11 is 1.50. The summed E-state index contributed by atoms with van der Waals surface area (Å²) in [4.78, 5) is 11.8. The van der Waals surface area contributed by atoms with E-state index in [1.165, 1.54) is 29.5 Å². The molecule has 0 atom stereocenters. The van der Waals surface area contributed by atoms with Crippen molar-refractivity contribution in [3.8, 4) is 11.3 Å². The van der Waals surface area contributed by atoms with Crippen molar-refractivity contribution in [3.05, 3.63) is 77.7 Å². The highest BCUT2D eigenvalue weighted by Crippen LogP contribution is 2.21. The standard InChI is InChI=1S/C19H16FNO3S/c20-16-8-6-15(7-9-16)18-10-17(21-24-18)11-23-19(22)13-25-12-14-4-2-1-3-5-14/h1-10H,11-13H2. The molecule has 0 spiro atoms. The molecule has 128 valence electrons. The van der Waals surface area contributed by atoms with Gasteiger partial charge in [-0.3, -0.25) is 4.79 Å². The molecule has 25 heavy (non-hydrogen) atoms. The van der Waals surface area contributed by atoms with E-state index >= 15 is 0 Å². The Kier molecular flexibility index (Phi) is 5.85. The van der Waals surface area contributed by atoms with Crippen molar-refractivity contribution in [3.63, 3.8) is 0 Å². The second-order valence-electron chi connectivity index (χ2n) is 5.33. The molecular weight excluding hydrogens is 341 g/mol. The zero-order valence-corrected chi connectivity index (χ0v) is 14.2. The van der Waals surface area contributed by atoms with Gasteiger partial charge in [-0.15, -0.1) is 11.8 Å². The number of benzene rings is 2. The van der Waals surface area contributed by atoms with E-state index in [1.54, 1.807) is 18.2 Å². The monoisotopic (exact) mass is 357 g/mol. The molecule has 0 fully saturated rings. The second-order valence-corrected chi connectivity index (χ2v) is 6.31. The van der Waals surface area contributed by atoms with Crippen LogP contribution in [0, 0.1) is 5.82 Å². The first kappa shape index (κ1) is 17.2. The van der Waals surface area contributed by atoms with Gasteiger partial charge in [-0.1, -0.05) is 35.5 Å². The average Bonchev–Trinajstić information content (AvgIpc) is 3.10. The Morgan fingerprint density at radius 2 is 1.88 bits per heavy atom. The van der Waals surface area contributed by atoms with Gasteiger partial charge in [0.1, 0.15) is 18.1 Å². The molecule has 1 heterocycles. The van der Waals surface area contributed by atoms with E-state index < -0.39 is 0 Å². The number of carbonyl (C=O) groups excluding carboxylic acids is 1. The summed E-state index contributed by atoms with van der Waals surface area (Å²) < 4.78 is 23.3. The Bertz CT molecular complexity index is 818. The molecule has 6 heteroatoms. The summed E-state index contributed by atoms with van der Waals surface area (Å²) in [5, 5.41) is 3.86. The second kappa shape index (κ2) is 8.48. The summed E-state index contributed by atoms with van der Waals surface area (Å²) in [5.74, 6) is 0.925. The lowest BCUT2D eigenvalue weighted by atomic mass is 10.1. The Morgan fingerprint density at radius 3 is 2.64 bits per heavy atom. The summed E-state index contributed by atoms with van der Waals surface area (Å²) in [7, 11) is 0. The van der Waals surface area contributed by atoms with E-state index in [-0.39, 0.29) is 24.1 Å². The molecule has 0 aliphatic rings. The minimum Gasteiger partial charge on any atom is -0.458 e. The fraction of sp³-hybridized carbons (Fsp3) is 0.158. The maximum atomic E-state index is 12.9. The number of aromatic nitrogens is 1. The van der Waals surface area contributed by atoms with Gasteiger partial charge in [-0.25, -0.2) is 4.39 Å². The van der Waals surface area contributed by atoms with Gasteiger partial charge in [0.15, 0.2) is 5.76 Å². The third-order valence-electron chi connectivity index (χ3n) is 3.40. The largest absolute Gasteiger partial charge is 0.458 e. The third-order valence-corrected chi connectivity index (χ3v) is 4.38.